The van der Waals surface area contributed by atoms with E-state index in [9.17, 15) is 14.7 Å². The van der Waals surface area contributed by atoms with E-state index in [-0.39, 0.29) is 17.4 Å². The Morgan fingerprint density at radius 1 is 1.17 bits per heavy atom. The van der Waals surface area contributed by atoms with E-state index in [1.807, 2.05) is 37.3 Å². The number of aliphatic hydroxyl groups excluding tert-OH is 1. The van der Waals surface area contributed by atoms with Crippen molar-refractivity contribution in [3.05, 3.63) is 48.0 Å². The number of hydrogen-bond donors (Lipinski definition) is 3. The number of nitrogens with two attached hydrogens (primary N) is 1. The fourth-order valence-electron chi connectivity index (χ4n) is 3.61. The van der Waals surface area contributed by atoms with E-state index in [0.717, 1.165) is 18.4 Å². The monoisotopic (exact) mass is 490 g/mol. The number of esters is 1. The van der Waals surface area contributed by atoms with Crippen molar-refractivity contribution in [1.82, 2.24) is 5.32 Å². The molecule has 0 saturated carbocycles. The van der Waals surface area contributed by atoms with Gasteiger partial charge in [-0.1, -0.05) is 64.1 Å². The molecular formula is C28H46N2O5. The second kappa shape index (κ2) is 15.0. The van der Waals surface area contributed by atoms with E-state index in [4.69, 9.17) is 15.2 Å². The fourth-order valence-corrected chi connectivity index (χ4v) is 3.61. The van der Waals surface area contributed by atoms with E-state index in [1.54, 1.807) is 20.8 Å². The molecule has 0 bridgehead atoms. The van der Waals surface area contributed by atoms with Gasteiger partial charge in [0, 0.05) is 12.1 Å². The lowest BCUT2D eigenvalue weighted by molar-refractivity contribution is -0.166. The maximum absolute atomic E-state index is 13.2. The number of unbranched alkanes of at least 4 members (excludes halogenated alkanes) is 1. The van der Waals surface area contributed by atoms with Crippen LogP contribution in [0.25, 0.3) is 0 Å². The van der Waals surface area contributed by atoms with Crippen LogP contribution in [0.15, 0.2) is 42.5 Å². The number of aliphatic hydroxyl groups is 1. The molecule has 0 aliphatic rings. The average molecular weight is 491 g/mol. The Morgan fingerprint density at radius 2 is 1.80 bits per heavy atom. The van der Waals surface area contributed by atoms with Gasteiger partial charge in [-0.05, 0) is 51.0 Å². The zero-order valence-corrected chi connectivity index (χ0v) is 22.4. The van der Waals surface area contributed by atoms with Gasteiger partial charge in [0.1, 0.15) is 5.60 Å². The van der Waals surface area contributed by atoms with Crippen molar-refractivity contribution in [2.24, 2.45) is 23.5 Å². The van der Waals surface area contributed by atoms with Gasteiger partial charge >= 0.3 is 5.97 Å². The molecule has 1 amide bonds. The van der Waals surface area contributed by atoms with E-state index < -0.39 is 35.5 Å². The third-order valence-electron chi connectivity index (χ3n) is 5.94. The predicted molar refractivity (Wildman–Crippen MR) is 139 cm³/mol. The topological polar surface area (TPSA) is 111 Å². The molecule has 1 aromatic rings. The Kier molecular flexibility index (Phi) is 13.2. The van der Waals surface area contributed by atoms with Crippen LogP contribution in [0.3, 0.4) is 0 Å². The summed E-state index contributed by atoms with van der Waals surface area (Å²) in [5.41, 5.74) is 6.62. The molecule has 35 heavy (non-hydrogen) atoms. The fraction of sp³-hybridized carbons (Fsp3) is 0.643. The molecule has 0 aromatic heterocycles. The van der Waals surface area contributed by atoms with Gasteiger partial charge in [0.2, 0.25) is 5.91 Å². The summed E-state index contributed by atoms with van der Waals surface area (Å²) in [5, 5.41) is 13.9. The smallest absolute Gasteiger partial charge is 0.312 e. The standard InChI is InChI=1S/C28H46N2O5/c1-8-9-15-30-26(32)20(4)24(29)25(31)23(27(33)35-28(5,6)7)16-22(19(2)3)18-34-17-21-13-11-10-12-14-21/h10-14,19,22-25,31H,4,8-9,15-18,29H2,1-3,5-7H3,(H,30,32)/t22-,23-,24?,25-/m0/s1. The lowest BCUT2D eigenvalue weighted by Gasteiger charge is -2.33. The summed E-state index contributed by atoms with van der Waals surface area (Å²) in [5.74, 6) is -1.76. The zero-order chi connectivity index (χ0) is 26.6. The molecule has 7 heteroatoms. The Morgan fingerprint density at radius 3 is 2.34 bits per heavy atom. The molecule has 1 rings (SSSR count). The van der Waals surface area contributed by atoms with Crippen LogP contribution in [-0.4, -0.2) is 47.9 Å². The van der Waals surface area contributed by atoms with Crippen LogP contribution < -0.4 is 11.1 Å². The highest BCUT2D eigenvalue weighted by atomic mass is 16.6. The van der Waals surface area contributed by atoms with Crippen molar-refractivity contribution >= 4 is 11.9 Å². The number of amides is 1. The highest BCUT2D eigenvalue weighted by Gasteiger charge is 2.38. The third kappa shape index (κ3) is 11.4. The van der Waals surface area contributed by atoms with Crippen LogP contribution in [0.5, 0.6) is 0 Å². The van der Waals surface area contributed by atoms with E-state index >= 15 is 0 Å². The van der Waals surface area contributed by atoms with Crippen LogP contribution in [0.1, 0.15) is 66.4 Å². The van der Waals surface area contributed by atoms with Gasteiger partial charge in [0.15, 0.2) is 0 Å². The molecule has 0 aliphatic carbocycles. The summed E-state index contributed by atoms with van der Waals surface area (Å²) in [7, 11) is 0. The highest BCUT2D eigenvalue weighted by Crippen LogP contribution is 2.28. The van der Waals surface area contributed by atoms with Crippen LogP contribution in [-0.2, 0) is 25.7 Å². The van der Waals surface area contributed by atoms with Gasteiger partial charge in [-0.25, -0.2) is 0 Å². The molecule has 1 aromatic carbocycles. The number of nitrogens with one attached hydrogen (secondary N) is 1. The Balaban J connectivity index is 2.98. The quantitative estimate of drug-likeness (QED) is 0.195. The number of carbonyl (C=O) groups excluding carboxylic acids is 2. The molecule has 4 atom stereocenters. The molecule has 4 N–H and O–H groups in total. The number of hydrogen-bond acceptors (Lipinski definition) is 6. The van der Waals surface area contributed by atoms with Crippen molar-refractivity contribution in [2.45, 2.75) is 85.2 Å². The van der Waals surface area contributed by atoms with E-state index in [2.05, 4.69) is 25.7 Å². The van der Waals surface area contributed by atoms with Gasteiger partial charge < -0.3 is 25.6 Å². The van der Waals surface area contributed by atoms with E-state index in [0.29, 0.717) is 26.2 Å². The van der Waals surface area contributed by atoms with Crippen molar-refractivity contribution in [3.63, 3.8) is 0 Å². The molecular weight excluding hydrogens is 444 g/mol. The third-order valence-corrected chi connectivity index (χ3v) is 5.94. The number of benzene rings is 1. The first kappa shape index (κ1) is 30.8. The van der Waals surface area contributed by atoms with Crippen molar-refractivity contribution in [2.75, 3.05) is 13.2 Å². The summed E-state index contributed by atoms with van der Waals surface area (Å²) in [6.45, 7) is 16.6. The van der Waals surface area contributed by atoms with Crippen molar-refractivity contribution in [1.29, 1.82) is 0 Å². The Labute approximate surface area is 211 Å². The van der Waals surface area contributed by atoms with Gasteiger partial charge in [-0.2, -0.15) is 0 Å². The van der Waals surface area contributed by atoms with Gasteiger partial charge in [-0.3, -0.25) is 9.59 Å². The highest BCUT2D eigenvalue weighted by molar-refractivity contribution is 5.94. The minimum Gasteiger partial charge on any atom is -0.460 e. The van der Waals surface area contributed by atoms with Gasteiger partial charge in [0.05, 0.1) is 31.3 Å². The maximum Gasteiger partial charge on any atom is 0.312 e. The van der Waals surface area contributed by atoms with E-state index in [1.165, 1.54) is 0 Å². The first-order valence-electron chi connectivity index (χ1n) is 12.6. The molecule has 198 valence electrons. The molecule has 0 aliphatic heterocycles. The second-order valence-corrected chi connectivity index (χ2v) is 10.5. The van der Waals surface area contributed by atoms with Crippen LogP contribution in [0.2, 0.25) is 0 Å². The minimum atomic E-state index is -1.33. The normalized spacial score (nSPS) is 15.2. The molecule has 0 saturated heterocycles. The average Bonchev–Trinajstić information content (AvgIpc) is 2.79. The number of ether oxygens (including phenoxy) is 2. The lowest BCUT2D eigenvalue weighted by atomic mass is 9.81. The summed E-state index contributed by atoms with van der Waals surface area (Å²) in [6, 6.07) is 8.75. The largest absolute Gasteiger partial charge is 0.460 e. The second-order valence-electron chi connectivity index (χ2n) is 10.5. The number of carbonyl (C=O) groups is 2. The SMILES string of the molecule is C=C(C(=O)NCCCC)C(N)[C@@H](O)[C@H](C[C@@H](COCc1ccccc1)C(C)C)C(=O)OC(C)(C)C. The first-order chi connectivity index (χ1) is 16.4. The summed E-state index contributed by atoms with van der Waals surface area (Å²) >= 11 is 0. The number of rotatable bonds is 15. The lowest BCUT2D eigenvalue weighted by Crippen LogP contribution is -2.49. The minimum absolute atomic E-state index is 0.0373. The first-order valence-corrected chi connectivity index (χ1v) is 12.6. The summed E-state index contributed by atoms with van der Waals surface area (Å²) < 4.78 is 11.6. The molecule has 1 unspecified atom stereocenters. The zero-order valence-electron chi connectivity index (χ0n) is 22.4. The van der Waals surface area contributed by atoms with Gasteiger partial charge in [-0.15, -0.1) is 0 Å². The van der Waals surface area contributed by atoms with Crippen molar-refractivity contribution < 1.29 is 24.2 Å². The molecule has 0 radical (unpaired) electrons. The van der Waals surface area contributed by atoms with Crippen molar-refractivity contribution in [3.8, 4) is 0 Å². The maximum atomic E-state index is 13.2. The Bertz CT molecular complexity index is 788. The predicted octanol–water partition coefficient (Wildman–Crippen LogP) is 3.98. The summed E-state index contributed by atoms with van der Waals surface area (Å²) in [4.78, 5) is 25.6. The molecule has 0 fully saturated rings. The Hall–Kier alpha value is -2.22. The molecule has 0 spiro atoms. The van der Waals surface area contributed by atoms with Crippen LogP contribution in [0.4, 0.5) is 0 Å². The van der Waals surface area contributed by atoms with Crippen LogP contribution >= 0.6 is 0 Å². The van der Waals surface area contributed by atoms with Gasteiger partial charge in [0.25, 0.3) is 0 Å². The molecule has 7 nitrogen and oxygen atoms in total. The summed E-state index contributed by atoms with van der Waals surface area (Å²) in [6.07, 6.45) is 0.743. The van der Waals surface area contributed by atoms with Crippen LogP contribution in [0, 0.1) is 17.8 Å². The molecule has 0 heterocycles.